The minimum atomic E-state index is -0.974. The minimum Gasteiger partial charge on any atom is -0.490 e. The number of carboxylic acids is 1. The number of carbonyl (C=O) groups excluding carboxylic acids is 2. The number of hydrogen-bond donors (Lipinski definition) is 1. The lowest BCUT2D eigenvalue weighted by atomic mass is 9.71. The van der Waals surface area contributed by atoms with Crippen molar-refractivity contribution in [2.24, 2.45) is 0 Å². The lowest BCUT2D eigenvalue weighted by molar-refractivity contribution is -0.138. The average molecular weight is 440 g/mol. The monoisotopic (exact) mass is 439 g/mol. The van der Waals surface area contributed by atoms with Crippen LogP contribution in [0.4, 0.5) is 0 Å². The largest absolute Gasteiger partial charge is 0.490 e. The zero-order valence-electron chi connectivity index (χ0n) is 18.6. The van der Waals surface area contributed by atoms with Gasteiger partial charge in [0.25, 0.3) is 0 Å². The molecule has 32 heavy (non-hydrogen) atoms. The van der Waals surface area contributed by atoms with E-state index in [1.165, 1.54) is 0 Å². The van der Waals surface area contributed by atoms with Crippen molar-refractivity contribution in [1.82, 2.24) is 4.90 Å². The van der Waals surface area contributed by atoms with Gasteiger partial charge in [-0.2, -0.15) is 0 Å². The number of allylic oxidation sites excluding steroid dienone is 4. The summed E-state index contributed by atoms with van der Waals surface area (Å²) in [4.78, 5) is 39.8. The molecule has 7 heteroatoms. The number of nitrogens with zero attached hydrogens (tertiary/aromatic N) is 1. The fourth-order valence-electron chi connectivity index (χ4n) is 5.12. The molecule has 170 valence electrons. The van der Waals surface area contributed by atoms with Crippen LogP contribution in [0.3, 0.4) is 0 Å². The Hall–Kier alpha value is -3.09. The van der Waals surface area contributed by atoms with Gasteiger partial charge in [0.1, 0.15) is 6.54 Å². The number of carbonyl (C=O) groups is 3. The molecule has 1 N–H and O–H groups in total. The van der Waals surface area contributed by atoms with E-state index in [9.17, 15) is 19.5 Å². The van der Waals surface area contributed by atoms with Gasteiger partial charge in [-0.05, 0) is 57.2 Å². The van der Waals surface area contributed by atoms with Crippen LogP contribution >= 0.6 is 0 Å². The van der Waals surface area contributed by atoms with Gasteiger partial charge in [-0.3, -0.25) is 14.4 Å². The molecule has 0 saturated carbocycles. The first-order chi connectivity index (χ1) is 15.5. The predicted octanol–water partition coefficient (Wildman–Crippen LogP) is 3.98. The zero-order chi connectivity index (χ0) is 22.8. The van der Waals surface area contributed by atoms with E-state index in [2.05, 4.69) is 0 Å². The second kappa shape index (κ2) is 9.18. The summed E-state index contributed by atoms with van der Waals surface area (Å²) in [7, 11) is 0. The molecule has 1 aromatic rings. The smallest absolute Gasteiger partial charge is 0.323 e. The van der Waals surface area contributed by atoms with Crippen molar-refractivity contribution >= 4 is 17.5 Å². The Morgan fingerprint density at radius 2 is 1.50 bits per heavy atom. The number of rotatable bonds is 7. The molecule has 0 amide bonds. The van der Waals surface area contributed by atoms with Gasteiger partial charge in [-0.1, -0.05) is 6.07 Å². The maximum absolute atomic E-state index is 13.2. The molecule has 1 aliphatic heterocycles. The average Bonchev–Trinajstić information content (AvgIpc) is 2.76. The van der Waals surface area contributed by atoms with Crippen LogP contribution in [-0.2, 0) is 14.4 Å². The van der Waals surface area contributed by atoms with E-state index in [0.29, 0.717) is 74.4 Å². The van der Waals surface area contributed by atoms with Gasteiger partial charge < -0.3 is 19.5 Å². The van der Waals surface area contributed by atoms with Gasteiger partial charge >= 0.3 is 5.97 Å². The van der Waals surface area contributed by atoms with Crippen LogP contribution in [0.1, 0.15) is 63.9 Å². The molecule has 0 fully saturated rings. The first-order valence-corrected chi connectivity index (χ1v) is 11.4. The molecule has 0 bridgehead atoms. The zero-order valence-corrected chi connectivity index (χ0v) is 18.6. The standard InChI is InChI=1S/C25H29NO6/c1-3-31-20-12-11-15(13-21(20)32-4-2)23-24-16(7-5-9-18(24)27)26(14-22(29)30)17-8-6-10-19(28)25(17)23/h11-13,23H,3-10,14H2,1-2H3,(H,29,30). The van der Waals surface area contributed by atoms with Gasteiger partial charge in [-0.15, -0.1) is 0 Å². The van der Waals surface area contributed by atoms with E-state index in [0.717, 1.165) is 17.0 Å². The highest BCUT2D eigenvalue weighted by molar-refractivity contribution is 6.06. The van der Waals surface area contributed by atoms with Crippen molar-refractivity contribution in [3.8, 4) is 11.5 Å². The predicted molar refractivity (Wildman–Crippen MR) is 118 cm³/mol. The maximum atomic E-state index is 13.2. The fourth-order valence-corrected chi connectivity index (χ4v) is 5.12. The molecule has 4 rings (SSSR count). The lowest BCUT2D eigenvalue weighted by Gasteiger charge is -2.43. The van der Waals surface area contributed by atoms with E-state index in [4.69, 9.17) is 9.47 Å². The summed E-state index contributed by atoms with van der Waals surface area (Å²) in [5, 5.41) is 9.55. The van der Waals surface area contributed by atoms with Crippen molar-refractivity contribution in [3.05, 3.63) is 46.3 Å². The second-order valence-electron chi connectivity index (χ2n) is 8.26. The summed E-state index contributed by atoms with van der Waals surface area (Å²) in [6, 6.07) is 5.59. The third-order valence-electron chi connectivity index (χ3n) is 6.28. The number of hydrogen-bond acceptors (Lipinski definition) is 6. The van der Waals surface area contributed by atoms with Crippen molar-refractivity contribution in [2.75, 3.05) is 19.8 Å². The first kappa shape index (κ1) is 22.1. The number of carboxylic acid groups (broad SMARTS) is 1. The molecular formula is C25H29NO6. The number of aliphatic carboxylic acids is 1. The normalized spacial score (nSPS) is 19.1. The Balaban J connectivity index is 1.92. The van der Waals surface area contributed by atoms with Crippen LogP contribution in [0.25, 0.3) is 0 Å². The van der Waals surface area contributed by atoms with Crippen molar-refractivity contribution < 1.29 is 29.0 Å². The third kappa shape index (κ3) is 3.92. The summed E-state index contributed by atoms with van der Waals surface area (Å²) in [6.45, 7) is 4.51. The Labute approximate surface area is 187 Å². The van der Waals surface area contributed by atoms with Crippen LogP contribution in [-0.4, -0.2) is 47.3 Å². The van der Waals surface area contributed by atoms with Gasteiger partial charge in [0.15, 0.2) is 23.1 Å². The highest BCUT2D eigenvalue weighted by Gasteiger charge is 2.43. The molecule has 3 aliphatic rings. The highest BCUT2D eigenvalue weighted by Crippen LogP contribution is 2.50. The van der Waals surface area contributed by atoms with Gasteiger partial charge in [0.2, 0.25) is 0 Å². The number of ketones is 2. The molecule has 0 unspecified atom stereocenters. The topological polar surface area (TPSA) is 93.1 Å². The summed E-state index contributed by atoms with van der Waals surface area (Å²) < 4.78 is 11.5. The summed E-state index contributed by atoms with van der Waals surface area (Å²) in [5.41, 5.74) is 3.46. The van der Waals surface area contributed by atoms with E-state index in [1.807, 2.05) is 32.0 Å². The first-order valence-electron chi connectivity index (χ1n) is 11.4. The molecule has 0 atom stereocenters. The molecular weight excluding hydrogens is 410 g/mol. The van der Waals surface area contributed by atoms with E-state index < -0.39 is 11.9 Å². The van der Waals surface area contributed by atoms with E-state index in [1.54, 1.807) is 4.90 Å². The Morgan fingerprint density at radius 1 is 0.938 bits per heavy atom. The lowest BCUT2D eigenvalue weighted by Crippen LogP contribution is -2.41. The van der Waals surface area contributed by atoms with Gasteiger partial charge in [0.05, 0.1) is 13.2 Å². The van der Waals surface area contributed by atoms with Crippen molar-refractivity contribution in [3.63, 3.8) is 0 Å². The van der Waals surface area contributed by atoms with Crippen LogP contribution < -0.4 is 9.47 Å². The minimum absolute atomic E-state index is 0.0107. The molecule has 0 aromatic heterocycles. The Morgan fingerprint density at radius 3 is 2.03 bits per heavy atom. The summed E-state index contributed by atoms with van der Waals surface area (Å²) in [5.74, 6) is -0.296. The van der Waals surface area contributed by atoms with Crippen LogP contribution in [0, 0.1) is 0 Å². The van der Waals surface area contributed by atoms with E-state index in [-0.39, 0.29) is 18.1 Å². The number of benzene rings is 1. The third-order valence-corrected chi connectivity index (χ3v) is 6.28. The highest BCUT2D eigenvalue weighted by atomic mass is 16.5. The summed E-state index contributed by atoms with van der Waals surface area (Å²) >= 11 is 0. The van der Waals surface area contributed by atoms with Crippen LogP contribution in [0.2, 0.25) is 0 Å². The molecule has 0 saturated heterocycles. The molecule has 7 nitrogen and oxygen atoms in total. The second-order valence-corrected chi connectivity index (χ2v) is 8.26. The van der Waals surface area contributed by atoms with Crippen molar-refractivity contribution in [1.29, 1.82) is 0 Å². The molecule has 0 spiro atoms. The van der Waals surface area contributed by atoms with Crippen LogP contribution in [0.5, 0.6) is 11.5 Å². The number of Topliss-reactive ketones (excluding diaryl/α,β-unsaturated/α-hetero) is 2. The SMILES string of the molecule is CCOc1ccc(C2C3=C(CCCC3=O)N(CC(=O)O)C3=C2C(=O)CCC3)cc1OCC. The molecule has 1 aromatic carbocycles. The summed E-state index contributed by atoms with van der Waals surface area (Å²) in [6.07, 6.45) is 3.44. The molecule has 1 heterocycles. The quantitative estimate of drug-likeness (QED) is 0.687. The van der Waals surface area contributed by atoms with Gasteiger partial charge in [0, 0.05) is 41.3 Å². The molecule has 0 radical (unpaired) electrons. The fraction of sp³-hybridized carbons (Fsp3) is 0.480. The maximum Gasteiger partial charge on any atom is 0.323 e. The van der Waals surface area contributed by atoms with Crippen molar-refractivity contribution in [2.45, 2.75) is 58.3 Å². The Kier molecular flexibility index (Phi) is 6.35. The van der Waals surface area contributed by atoms with Crippen LogP contribution in [0.15, 0.2) is 40.7 Å². The molecule has 2 aliphatic carbocycles. The Bertz CT molecular complexity index is 977. The number of ether oxygens (including phenoxy) is 2. The van der Waals surface area contributed by atoms with Gasteiger partial charge in [-0.25, -0.2) is 0 Å². The van der Waals surface area contributed by atoms with E-state index >= 15 is 0 Å².